The molecule has 1 heterocycles. The number of allylic oxidation sites excluding steroid dienone is 1. The highest BCUT2D eigenvalue weighted by molar-refractivity contribution is 5.80. The fourth-order valence-corrected chi connectivity index (χ4v) is 0.726. The average Bonchev–Trinajstić information content (AvgIpc) is 1.86. The van der Waals surface area contributed by atoms with Crippen LogP contribution in [0.15, 0.2) is 16.8 Å². The first-order valence-electron chi connectivity index (χ1n) is 2.99. The van der Waals surface area contributed by atoms with Crippen LogP contribution in [0, 0.1) is 0 Å². The van der Waals surface area contributed by atoms with Gasteiger partial charge in [0.15, 0.2) is 0 Å². The lowest BCUT2D eigenvalue weighted by molar-refractivity contribution is -0.0868. The Labute approximate surface area is 62.0 Å². The second-order valence-corrected chi connectivity index (χ2v) is 2.29. The topological polar surface area (TPSA) is 15.6 Å². The SMILES string of the molecule is CN1C=C(C(F)(F)F)C=NC1. The molecule has 11 heavy (non-hydrogen) atoms. The van der Waals surface area contributed by atoms with Crippen LogP contribution in [0.4, 0.5) is 13.2 Å². The van der Waals surface area contributed by atoms with Gasteiger partial charge in [-0.15, -0.1) is 0 Å². The van der Waals surface area contributed by atoms with Gasteiger partial charge in [-0.25, -0.2) is 0 Å². The summed E-state index contributed by atoms with van der Waals surface area (Å²) in [5, 5.41) is 0. The number of nitrogens with zero attached hydrogens (tertiary/aromatic N) is 2. The van der Waals surface area contributed by atoms with E-state index in [1.54, 1.807) is 7.05 Å². The summed E-state index contributed by atoms with van der Waals surface area (Å²) in [6.07, 6.45) is -2.40. The maximum atomic E-state index is 11.9. The molecule has 0 radical (unpaired) electrons. The highest BCUT2D eigenvalue weighted by atomic mass is 19.4. The minimum Gasteiger partial charge on any atom is -0.361 e. The van der Waals surface area contributed by atoms with Gasteiger partial charge in [0.05, 0.1) is 5.57 Å². The Kier molecular flexibility index (Phi) is 1.89. The van der Waals surface area contributed by atoms with Gasteiger partial charge in [-0.3, -0.25) is 4.99 Å². The van der Waals surface area contributed by atoms with Crippen LogP contribution in [0.5, 0.6) is 0 Å². The molecule has 0 saturated carbocycles. The van der Waals surface area contributed by atoms with Gasteiger partial charge in [-0.05, 0) is 0 Å². The van der Waals surface area contributed by atoms with E-state index in [4.69, 9.17) is 0 Å². The van der Waals surface area contributed by atoms with Crippen LogP contribution in [-0.4, -0.2) is 31.0 Å². The zero-order valence-electron chi connectivity index (χ0n) is 5.89. The molecule has 0 aromatic carbocycles. The molecule has 0 aromatic heterocycles. The molecule has 0 unspecified atom stereocenters. The molecule has 0 bridgehead atoms. The van der Waals surface area contributed by atoms with E-state index >= 15 is 0 Å². The number of hydrogen-bond donors (Lipinski definition) is 0. The predicted molar refractivity (Wildman–Crippen MR) is 35.3 cm³/mol. The van der Waals surface area contributed by atoms with Crippen LogP contribution in [0.1, 0.15) is 0 Å². The Morgan fingerprint density at radius 2 is 2.18 bits per heavy atom. The summed E-state index contributed by atoms with van der Waals surface area (Å²) in [6, 6.07) is 0. The molecule has 62 valence electrons. The minimum absolute atomic E-state index is 0.291. The molecule has 2 nitrogen and oxygen atoms in total. The van der Waals surface area contributed by atoms with E-state index in [0.717, 1.165) is 12.4 Å². The minimum atomic E-state index is -4.28. The molecule has 5 heteroatoms. The van der Waals surface area contributed by atoms with Crippen molar-refractivity contribution in [2.75, 3.05) is 13.7 Å². The Balaban J connectivity index is 2.80. The number of halogens is 3. The molecule has 0 amide bonds. The molecule has 1 aliphatic heterocycles. The number of rotatable bonds is 0. The number of alkyl halides is 3. The zero-order valence-corrected chi connectivity index (χ0v) is 5.89. The van der Waals surface area contributed by atoms with E-state index in [1.165, 1.54) is 4.90 Å². The summed E-state index contributed by atoms with van der Waals surface area (Å²) in [5.74, 6) is 0. The van der Waals surface area contributed by atoms with E-state index in [0.29, 0.717) is 6.67 Å². The Morgan fingerprint density at radius 3 is 2.55 bits per heavy atom. The highest BCUT2D eigenvalue weighted by Gasteiger charge is 2.33. The Hall–Kier alpha value is -1.00. The van der Waals surface area contributed by atoms with Gasteiger partial charge in [0.25, 0.3) is 0 Å². The van der Waals surface area contributed by atoms with Crippen molar-refractivity contribution in [3.8, 4) is 0 Å². The van der Waals surface area contributed by atoms with Crippen molar-refractivity contribution in [3.63, 3.8) is 0 Å². The van der Waals surface area contributed by atoms with Crippen molar-refractivity contribution in [1.82, 2.24) is 4.90 Å². The number of hydrogen-bond acceptors (Lipinski definition) is 2. The van der Waals surface area contributed by atoms with Crippen LogP contribution in [0.25, 0.3) is 0 Å². The molecule has 0 aliphatic carbocycles. The summed E-state index contributed by atoms with van der Waals surface area (Å²) in [6.45, 7) is 0.291. The molecular formula is C6H7F3N2. The van der Waals surface area contributed by atoms with Crippen molar-refractivity contribution in [3.05, 3.63) is 11.8 Å². The maximum Gasteiger partial charge on any atom is 0.419 e. The third-order valence-corrected chi connectivity index (χ3v) is 1.22. The highest BCUT2D eigenvalue weighted by Crippen LogP contribution is 2.25. The maximum absolute atomic E-state index is 11.9. The molecule has 0 fully saturated rings. The van der Waals surface area contributed by atoms with Crippen molar-refractivity contribution >= 4 is 6.21 Å². The van der Waals surface area contributed by atoms with Crippen LogP contribution in [-0.2, 0) is 0 Å². The summed E-state index contributed by atoms with van der Waals surface area (Å²) >= 11 is 0. The van der Waals surface area contributed by atoms with E-state index in [9.17, 15) is 13.2 Å². The van der Waals surface area contributed by atoms with Gasteiger partial charge >= 0.3 is 6.18 Å². The predicted octanol–water partition coefficient (Wildman–Crippen LogP) is 1.41. The normalized spacial score (nSPS) is 18.5. The summed E-state index contributed by atoms with van der Waals surface area (Å²) < 4.78 is 35.8. The lowest BCUT2D eigenvalue weighted by atomic mass is 10.3. The van der Waals surface area contributed by atoms with Crippen LogP contribution < -0.4 is 0 Å². The third-order valence-electron chi connectivity index (χ3n) is 1.22. The standard InChI is InChI=1S/C6H7F3N2/c1-11-3-5(2-10-4-11)6(7,8)9/h2-3H,4H2,1H3. The lowest BCUT2D eigenvalue weighted by Gasteiger charge is -2.18. The van der Waals surface area contributed by atoms with Crippen molar-refractivity contribution in [2.45, 2.75) is 6.18 Å². The monoisotopic (exact) mass is 164 g/mol. The van der Waals surface area contributed by atoms with Gasteiger partial charge in [0.2, 0.25) is 0 Å². The summed E-state index contributed by atoms with van der Waals surface area (Å²) in [4.78, 5) is 4.90. The van der Waals surface area contributed by atoms with Crippen molar-refractivity contribution in [2.24, 2.45) is 4.99 Å². The molecule has 0 aromatic rings. The average molecular weight is 164 g/mol. The van der Waals surface area contributed by atoms with E-state index in [-0.39, 0.29) is 0 Å². The second-order valence-electron chi connectivity index (χ2n) is 2.29. The fraction of sp³-hybridized carbons (Fsp3) is 0.500. The van der Waals surface area contributed by atoms with Gasteiger partial charge in [0.1, 0.15) is 6.67 Å². The van der Waals surface area contributed by atoms with Crippen LogP contribution in [0.3, 0.4) is 0 Å². The smallest absolute Gasteiger partial charge is 0.361 e. The van der Waals surface area contributed by atoms with E-state index in [2.05, 4.69) is 4.99 Å². The van der Waals surface area contributed by atoms with Gasteiger partial charge in [0, 0.05) is 19.5 Å². The summed E-state index contributed by atoms with van der Waals surface area (Å²) in [7, 11) is 1.54. The van der Waals surface area contributed by atoms with Gasteiger partial charge in [-0.1, -0.05) is 0 Å². The molecule has 1 rings (SSSR count). The quantitative estimate of drug-likeness (QED) is 0.528. The lowest BCUT2D eigenvalue weighted by Crippen LogP contribution is -2.23. The Morgan fingerprint density at radius 1 is 1.55 bits per heavy atom. The van der Waals surface area contributed by atoms with Crippen LogP contribution in [0.2, 0.25) is 0 Å². The third kappa shape index (κ3) is 1.96. The molecule has 0 spiro atoms. The number of aliphatic imine (C=N–C) groups is 1. The largest absolute Gasteiger partial charge is 0.419 e. The van der Waals surface area contributed by atoms with Gasteiger partial charge < -0.3 is 4.90 Å². The van der Waals surface area contributed by atoms with Gasteiger partial charge in [-0.2, -0.15) is 13.2 Å². The molecule has 0 N–H and O–H groups in total. The first-order valence-corrected chi connectivity index (χ1v) is 2.99. The van der Waals surface area contributed by atoms with E-state index < -0.39 is 11.7 Å². The molecule has 0 atom stereocenters. The fourth-order valence-electron chi connectivity index (χ4n) is 0.726. The first kappa shape index (κ1) is 8.10. The van der Waals surface area contributed by atoms with Crippen molar-refractivity contribution < 1.29 is 13.2 Å². The zero-order chi connectivity index (χ0) is 8.48. The Bertz CT molecular complexity index is 204. The second kappa shape index (κ2) is 2.56. The molecule has 0 saturated heterocycles. The molecular weight excluding hydrogens is 157 g/mol. The van der Waals surface area contributed by atoms with Crippen molar-refractivity contribution in [1.29, 1.82) is 0 Å². The molecule has 1 aliphatic rings. The van der Waals surface area contributed by atoms with E-state index in [1.807, 2.05) is 0 Å². The first-order chi connectivity index (χ1) is 5.00. The van der Waals surface area contributed by atoms with Crippen LogP contribution >= 0.6 is 0 Å². The summed E-state index contributed by atoms with van der Waals surface area (Å²) in [5.41, 5.74) is -0.703.